The van der Waals surface area contributed by atoms with Crippen LogP contribution < -0.4 is 19.3 Å². The van der Waals surface area contributed by atoms with Gasteiger partial charge in [0.05, 0.1) is 18.5 Å². The van der Waals surface area contributed by atoms with Crippen molar-refractivity contribution in [1.82, 2.24) is 0 Å². The van der Waals surface area contributed by atoms with E-state index in [0.29, 0.717) is 27.0 Å². The van der Waals surface area contributed by atoms with E-state index >= 15 is 0 Å². The van der Waals surface area contributed by atoms with Crippen molar-refractivity contribution in [2.75, 3.05) is 23.5 Å². The summed E-state index contributed by atoms with van der Waals surface area (Å²) < 4.78 is 10.6. The zero-order valence-electron chi connectivity index (χ0n) is 21.0. The first-order chi connectivity index (χ1) is 18.5. The molecule has 3 aromatic carbocycles. The second-order valence-corrected chi connectivity index (χ2v) is 9.76. The fourth-order valence-electron chi connectivity index (χ4n) is 3.83. The molecule has 1 aliphatic heterocycles. The number of rotatable bonds is 7. The molecular weight excluding hydrogens is 563 g/mol. The Labute approximate surface area is 239 Å². The molecule has 1 fully saturated rings. The molecule has 200 valence electrons. The number of carboxylic acid groups (broad SMARTS) is 1. The van der Waals surface area contributed by atoms with Crippen LogP contribution in [-0.2, 0) is 14.4 Å². The van der Waals surface area contributed by atoms with Gasteiger partial charge in [-0.1, -0.05) is 41.4 Å². The molecule has 0 aromatic heterocycles. The van der Waals surface area contributed by atoms with Crippen LogP contribution in [0.1, 0.15) is 16.7 Å². The molecule has 2 amide bonds. The smallest absolute Gasteiger partial charge is 0.341 e. The molecule has 1 heterocycles. The molecule has 0 unspecified atom stereocenters. The summed E-state index contributed by atoms with van der Waals surface area (Å²) in [7, 11) is 1.39. The largest absolute Gasteiger partial charge is 0.493 e. The molecular formula is C28H22Cl2N2O6S. The van der Waals surface area contributed by atoms with Gasteiger partial charge in [0.15, 0.2) is 23.2 Å². The summed E-state index contributed by atoms with van der Waals surface area (Å²) in [5.74, 6) is -2.03. The van der Waals surface area contributed by atoms with Gasteiger partial charge < -0.3 is 14.6 Å². The maximum Gasteiger partial charge on any atom is 0.341 e. The summed E-state index contributed by atoms with van der Waals surface area (Å²) in [4.78, 5) is 40.9. The molecule has 1 aliphatic rings. The van der Waals surface area contributed by atoms with Crippen LogP contribution >= 0.6 is 35.4 Å². The van der Waals surface area contributed by atoms with Crippen LogP contribution in [0.15, 0.2) is 60.2 Å². The third-order valence-electron chi connectivity index (χ3n) is 5.93. The second kappa shape index (κ2) is 11.4. The van der Waals surface area contributed by atoms with Gasteiger partial charge in [0.1, 0.15) is 5.57 Å². The van der Waals surface area contributed by atoms with Gasteiger partial charge in [-0.2, -0.15) is 0 Å². The molecule has 4 rings (SSSR count). The predicted molar refractivity (Wildman–Crippen MR) is 154 cm³/mol. The number of carbonyl (C=O) groups excluding carboxylic acids is 2. The third-order valence-corrected chi connectivity index (χ3v) is 7.11. The topological polar surface area (TPSA) is 96.4 Å². The molecule has 1 saturated heterocycles. The number of benzene rings is 3. The Morgan fingerprint density at radius 1 is 0.897 bits per heavy atom. The number of hydrogen-bond donors (Lipinski definition) is 1. The number of anilines is 2. The first-order valence-corrected chi connectivity index (χ1v) is 12.7. The van der Waals surface area contributed by atoms with Gasteiger partial charge in [0, 0.05) is 10.0 Å². The van der Waals surface area contributed by atoms with Gasteiger partial charge in [-0.05, 0) is 85.2 Å². The Bertz CT molecular complexity index is 1480. The van der Waals surface area contributed by atoms with Crippen LogP contribution in [0.3, 0.4) is 0 Å². The number of carbonyl (C=O) groups is 3. The van der Waals surface area contributed by atoms with Crippen LogP contribution in [0.5, 0.6) is 11.5 Å². The first-order valence-electron chi connectivity index (χ1n) is 11.5. The molecule has 0 spiro atoms. The van der Waals surface area contributed by atoms with Crippen LogP contribution in [0, 0.1) is 13.8 Å². The van der Waals surface area contributed by atoms with Crippen molar-refractivity contribution in [1.29, 1.82) is 0 Å². The van der Waals surface area contributed by atoms with Crippen molar-refractivity contribution < 1.29 is 29.0 Å². The summed E-state index contributed by atoms with van der Waals surface area (Å²) in [6, 6.07) is 14.7. The molecule has 0 aliphatic carbocycles. The lowest BCUT2D eigenvalue weighted by Crippen LogP contribution is -2.57. The van der Waals surface area contributed by atoms with Crippen molar-refractivity contribution in [2.45, 2.75) is 13.8 Å². The first kappa shape index (κ1) is 28.1. The van der Waals surface area contributed by atoms with Crippen LogP contribution in [0.2, 0.25) is 10.0 Å². The Hall–Kier alpha value is -3.92. The highest BCUT2D eigenvalue weighted by atomic mass is 35.5. The Morgan fingerprint density at radius 2 is 1.44 bits per heavy atom. The minimum Gasteiger partial charge on any atom is -0.493 e. The summed E-state index contributed by atoms with van der Waals surface area (Å²) in [5, 5.41) is 9.70. The molecule has 0 bridgehead atoms. The average molecular weight is 585 g/mol. The lowest BCUT2D eigenvalue weighted by atomic mass is 10.0. The Balaban J connectivity index is 1.84. The number of hydrogen-bond acceptors (Lipinski definition) is 6. The Kier molecular flexibility index (Phi) is 8.25. The average Bonchev–Trinajstić information content (AvgIpc) is 2.89. The van der Waals surface area contributed by atoms with Gasteiger partial charge in [-0.25, -0.2) is 4.79 Å². The lowest BCUT2D eigenvalue weighted by molar-refractivity contribution is -0.139. The maximum absolute atomic E-state index is 13.8. The highest BCUT2D eigenvalue weighted by Crippen LogP contribution is 2.34. The van der Waals surface area contributed by atoms with E-state index in [2.05, 4.69) is 0 Å². The number of thiocarbonyl (C=S) groups is 1. The number of amides is 2. The molecule has 1 N–H and O–H groups in total. The van der Waals surface area contributed by atoms with E-state index in [1.807, 2.05) is 13.8 Å². The maximum atomic E-state index is 13.8. The zero-order chi connectivity index (χ0) is 28.4. The van der Waals surface area contributed by atoms with Gasteiger partial charge in [-0.15, -0.1) is 0 Å². The van der Waals surface area contributed by atoms with Crippen LogP contribution in [-0.4, -0.2) is 41.7 Å². The third kappa shape index (κ3) is 5.75. The van der Waals surface area contributed by atoms with Gasteiger partial charge in [0.2, 0.25) is 0 Å². The number of aryl methyl sites for hydroxylation is 2. The number of methoxy groups -OCH3 is 1. The van der Waals surface area contributed by atoms with Crippen molar-refractivity contribution in [3.05, 3.63) is 86.9 Å². The van der Waals surface area contributed by atoms with Crippen molar-refractivity contribution in [3.63, 3.8) is 0 Å². The van der Waals surface area contributed by atoms with Crippen LogP contribution in [0.25, 0.3) is 6.08 Å². The number of nitrogens with zero attached hydrogens (tertiary/aromatic N) is 2. The summed E-state index contributed by atoms with van der Waals surface area (Å²) in [5.41, 5.74) is 2.64. The standard InChI is InChI=1S/C28H22Cl2N2O6S/c1-15-4-7-18(12-21(15)29)31-26(35)20(10-17-6-9-23(24(11-17)37-3)38-14-25(33)34)27(36)32(28(31)39)19-8-5-16(2)22(30)13-19/h4-13H,14H2,1-3H3,(H,33,34). The number of aliphatic carboxylic acids is 1. The SMILES string of the molecule is COc1cc(C=C2C(=O)N(c3ccc(C)c(Cl)c3)C(=S)N(c3ccc(C)c(Cl)c3)C2=O)ccc1OCC(=O)O. The van der Waals surface area contributed by atoms with E-state index in [4.69, 9.17) is 50.0 Å². The van der Waals surface area contributed by atoms with Gasteiger partial charge >= 0.3 is 5.97 Å². The highest BCUT2D eigenvalue weighted by Gasteiger charge is 2.41. The van der Waals surface area contributed by atoms with Gasteiger partial charge in [0.25, 0.3) is 11.8 Å². The lowest BCUT2D eigenvalue weighted by Gasteiger charge is -2.36. The molecule has 11 heteroatoms. The highest BCUT2D eigenvalue weighted by molar-refractivity contribution is 7.81. The summed E-state index contributed by atoms with van der Waals surface area (Å²) >= 11 is 18.4. The fourth-order valence-corrected chi connectivity index (χ4v) is 4.55. The number of carboxylic acids is 1. The molecule has 0 radical (unpaired) electrons. The van der Waals surface area contributed by atoms with Crippen molar-refractivity contribution >= 4 is 75.8 Å². The van der Waals surface area contributed by atoms with Crippen molar-refractivity contribution in [3.8, 4) is 11.5 Å². The van der Waals surface area contributed by atoms with Gasteiger partial charge in [-0.3, -0.25) is 19.4 Å². The monoisotopic (exact) mass is 584 g/mol. The summed E-state index contributed by atoms with van der Waals surface area (Å²) in [6.07, 6.45) is 1.40. The van der Waals surface area contributed by atoms with E-state index in [0.717, 1.165) is 11.1 Å². The normalized spacial score (nSPS) is 13.6. The van der Waals surface area contributed by atoms with Crippen molar-refractivity contribution in [2.24, 2.45) is 0 Å². The van der Waals surface area contributed by atoms with E-state index in [1.165, 1.54) is 35.1 Å². The number of halogens is 2. The molecule has 3 aromatic rings. The Morgan fingerprint density at radius 3 is 1.90 bits per heavy atom. The second-order valence-electron chi connectivity index (χ2n) is 8.58. The van der Waals surface area contributed by atoms with E-state index in [1.54, 1.807) is 42.5 Å². The number of ether oxygens (including phenoxy) is 2. The van der Waals surface area contributed by atoms with E-state index in [-0.39, 0.29) is 22.2 Å². The van der Waals surface area contributed by atoms with Crippen LogP contribution in [0.4, 0.5) is 11.4 Å². The fraction of sp³-hybridized carbons (Fsp3) is 0.143. The molecule has 39 heavy (non-hydrogen) atoms. The van der Waals surface area contributed by atoms with E-state index in [9.17, 15) is 14.4 Å². The predicted octanol–water partition coefficient (Wildman–Crippen LogP) is 5.83. The minimum atomic E-state index is -1.15. The summed E-state index contributed by atoms with van der Waals surface area (Å²) in [6.45, 7) is 3.09. The molecule has 8 nitrogen and oxygen atoms in total. The minimum absolute atomic E-state index is 0.0583. The molecule has 0 atom stereocenters. The zero-order valence-corrected chi connectivity index (χ0v) is 23.4. The molecule has 0 saturated carbocycles. The van der Waals surface area contributed by atoms with E-state index < -0.39 is 24.4 Å². The quantitative estimate of drug-likeness (QED) is 0.212.